The van der Waals surface area contributed by atoms with Crippen LogP contribution in [0.2, 0.25) is 0 Å². The Kier molecular flexibility index (Phi) is 8.73. The monoisotopic (exact) mass is 494 g/mol. The van der Waals surface area contributed by atoms with Crippen molar-refractivity contribution >= 4 is 5.91 Å². The largest absolute Gasteiger partial charge is 0.339 e. The maximum Gasteiger partial charge on any atom is 0.253 e. The first kappa shape index (κ1) is 25.7. The lowest BCUT2D eigenvalue weighted by Crippen LogP contribution is -2.38. The van der Waals surface area contributed by atoms with E-state index < -0.39 is 0 Å². The van der Waals surface area contributed by atoms with Gasteiger partial charge in [0.15, 0.2) is 0 Å². The van der Waals surface area contributed by atoms with Gasteiger partial charge in [0.05, 0.1) is 0 Å². The van der Waals surface area contributed by atoms with Crippen molar-refractivity contribution in [2.24, 2.45) is 11.8 Å². The lowest BCUT2D eigenvalue weighted by atomic mass is 9.87. The molecule has 1 saturated heterocycles. The van der Waals surface area contributed by atoms with Gasteiger partial charge in [-0.1, -0.05) is 85.3 Å². The van der Waals surface area contributed by atoms with Gasteiger partial charge >= 0.3 is 0 Å². The third kappa shape index (κ3) is 6.70. The van der Waals surface area contributed by atoms with Crippen LogP contribution in [0.15, 0.2) is 91.0 Å². The van der Waals surface area contributed by atoms with Crippen LogP contribution >= 0.6 is 0 Å². The molecule has 0 bridgehead atoms. The predicted molar refractivity (Wildman–Crippen MR) is 153 cm³/mol. The van der Waals surface area contributed by atoms with Gasteiger partial charge in [0, 0.05) is 25.2 Å². The van der Waals surface area contributed by atoms with Crippen LogP contribution in [0.1, 0.15) is 65.9 Å². The number of hydrogen-bond donors (Lipinski definition) is 0. The zero-order chi connectivity index (χ0) is 25.5. The number of piperidine rings is 1. The molecular formula is C34H42N2O. The molecule has 0 spiro atoms. The number of carbonyl (C=O) groups excluding carboxylic acids is 1. The highest BCUT2D eigenvalue weighted by atomic mass is 16.2. The number of rotatable bonds is 9. The maximum atomic E-state index is 13.2. The summed E-state index contributed by atoms with van der Waals surface area (Å²) in [7, 11) is 2.01. The second-order valence-electron chi connectivity index (χ2n) is 11.3. The first-order chi connectivity index (χ1) is 18.2. The Balaban J connectivity index is 1.16. The van der Waals surface area contributed by atoms with E-state index >= 15 is 0 Å². The highest BCUT2D eigenvalue weighted by molar-refractivity contribution is 5.94. The smallest absolute Gasteiger partial charge is 0.253 e. The van der Waals surface area contributed by atoms with E-state index in [0.717, 1.165) is 30.9 Å². The Hall–Kier alpha value is -2.91. The number of nitrogens with zero attached hydrogens (tertiary/aromatic N) is 2. The molecule has 1 aliphatic heterocycles. The van der Waals surface area contributed by atoms with Crippen LogP contribution in [-0.4, -0.2) is 48.4 Å². The average Bonchev–Trinajstić information content (AvgIpc) is 3.38. The summed E-state index contributed by atoms with van der Waals surface area (Å²) >= 11 is 0. The van der Waals surface area contributed by atoms with Gasteiger partial charge in [-0.05, 0) is 92.6 Å². The molecule has 3 aromatic carbocycles. The number of benzene rings is 3. The lowest BCUT2D eigenvalue weighted by molar-refractivity contribution is 0.0728. The van der Waals surface area contributed by atoms with Crippen molar-refractivity contribution in [3.05, 3.63) is 108 Å². The van der Waals surface area contributed by atoms with Gasteiger partial charge < -0.3 is 9.80 Å². The highest BCUT2D eigenvalue weighted by Gasteiger charge is 2.39. The number of amides is 1. The van der Waals surface area contributed by atoms with E-state index in [4.69, 9.17) is 0 Å². The fraction of sp³-hybridized carbons (Fsp3) is 0.441. The Labute approximate surface area is 223 Å². The Morgan fingerprint density at radius 3 is 2.14 bits per heavy atom. The molecule has 5 rings (SSSR count). The van der Waals surface area contributed by atoms with Gasteiger partial charge in [0.1, 0.15) is 0 Å². The van der Waals surface area contributed by atoms with Crippen molar-refractivity contribution in [1.29, 1.82) is 0 Å². The molecule has 3 nitrogen and oxygen atoms in total. The second kappa shape index (κ2) is 12.6. The molecule has 1 heterocycles. The third-order valence-corrected chi connectivity index (χ3v) is 8.91. The molecule has 2 aliphatic rings. The van der Waals surface area contributed by atoms with Gasteiger partial charge in [-0.25, -0.2) is 0 Å². The Morgan fingerprint density at radius 1 is 0.838 bits per heavy atom. The molecule has 3 aromatic rings. The third-order valence-electron chi connectivity index (χ3n) is 8.91. The molecule has 37 heavy (non-hydrogen) atoms. The van der Waals surface area contributed by atoms with Gasteiger partial charge in [0.25, 0.3) is 5.91 Å². The van der Waals surface area contributed by atoms with E-state index in [0.29, 0.717) is 17.9 Å². The van der Waals surface area contributed by atoms with Crippen molar-refractivity contribution in [1.82, 2.24) is 9.80 Å². The van der Waals surface area contributed by atoms with E-state index in [2.05, 4.69) is 65.6 Å². The molecule has 2 fully saturated rings. The summed E-state index contributed by atoms with van der Waals surface area (Å²) < 4.78 is 0. The minimum atomic E-state index is 0.148. The minimum absolute atomic E-state index is 0.148. The van der Waals surface area contributed by atoms with E-state index in [1.807, 2.05) is 42.3 Å². The minimum Gasteiger partial charge on any atom is -0.339 e. The Bertz CT molecular complexity index is 1090. The van der Waals surface area contributed by atoms with Crippen LogP contribution in [0, 0.1) is 11.8 Å². The van der Waals surface area contributed by atoms with Crippen LogP contribution in [0.5, 0.6) is 0 Å². The average molecular weight is 495 g/mol. The zero-order valence-corrected chi connectivity index (χ0v) is 22.3. The van der Waals surface area contributed by atoms with Gasteiger partial charge in [0.2, 0.25) is 0 Å². The van der Waals surface area contributed by atoms with Crippen LogP contribution < -0.4 is 0 Å². The molecule has 0 radical (unpaired) electrons. The number of carbonyl (C=O) groups is 1. The molecule has 1 unspecified atom stereocenters. The van der Waals surface area contributed by atoms with Gasteiger partial charge in [-0.2, -0.15) is 0 Å². The summed E-state index contributed by atoms with van der Waals surface area (Å²) in [5.41, 5.74) is 3.70. The maximum absolute atomic E-state index is 13.2. The molecular weight excluding hydrogens is 452 g/mol. The fourth-order valence-corrected chi connectivity index (χ4v) is 6.70. The van der Waals surface area contributed by atoms with E-state index in [1.165, 1.54) is 56.3 Å². The standard InChI is InChI=1S/C34H42N2O/c1-35(34(37)30-18-9-4-10-19-30)32-24-31(33(25-32)29-16-7-3-8-17-29)26-36-22-20-28(21-23-36)15-11-14-27-12-5-2-6-13-27/h2-10,12-13,16-19,28,31-33H,11,14-15,20-26H2,1H3/t31-,32?,33-/m1/s1. The Morgan fingerprint density at radius 2 is 1.46 bits per heavy atom. The molecule has 1 amide bonds. The first-order valence-corrected chi connectivity index (χ1v) is 14.3. The molecule has 1 aliphatic carbocycles. The van der Waals surface area contributed by atoms with Crippen LogP contribution in [-0.2, 0) is 6.42 Å². The summed E-state index contributed by atoms with van der Waals surface area (Å²) in [6.07, 6.45) is 8.66. The summed E-state index contributed by atoms with van der Waals surface area (Å²) in [5, 5.41) is 0. The van der Waals surface area contributed by atoms with Crippen molar-refractivity contribution in [2.75, 3.05) is 26.7 Å². The fourth-order valence-electron chi connectivity index (χ4n) is 6.70. The van der Waals surface area contributed by atoms with Crippen LogP contribution in [0.25, 0.3) is 0 Å². The molecule has 194 valence electrons. The normalized spacial score (nSPS) is 22.7. The first-order valence-electron chi connectivity index (χ1n) is 14.3. The topological polar surface area (TPSA) is 23.6 Å². The second-order valence-corrected chi connectivity index (χ2v) is 11.3. The molecule has 1 saturated carbocycles. The summed E-state index contributed by atoms with van der Waals surface area (Å²) in [4.78, 5) is 17.9. The summed E-state index contributed by atoms with van der Waals surface area (Å²) in [5.74, 6) is 2.12. The van der Waals surface area contributed by atoms with Crippen LogP contribution in [0.4, 0.5) is 0 Å². The molecule has 0 N–H and O–H groups in total. The van der Waals surface area contributed by atoms with Crippen molar-refractivity contribution in [3.63, 3.8) is 0 Å². The van der Waals surface area contributed by atoms with Crippen molar-refractivity contribution < 1.29 is 4.79 Å². The molecule has 3 heteroatoms. The van der Waals surface area contributed by atoms with Gasteiger partial charge in [-0.3, -0.25) is 4.79 Å². The van der Waals surface area contributed by atoms with E-state index in [-0.39, 0.29) is 5.91 Å². The van der Waals surface area contributed by atoms with E-state index in [1.54, 1.807) is 0 Å². The number of likely N-dealkylation sites (tertiary alicyclic amines) is 1. The predicted octanol–water partition coefficient (Wildman–Crippen LogP) is 7.06. The van der Waals surface area contributed by atoms with Crippen molar-refractivity contribution in [3.8, 4) is 0 Å². The summed E-state index contributed by atoms with van der Waals surface area (Å²) in [6.45, 7) is 3.59. The SMILES string of the molecule is CN(C(=O)c1ccccc1)C1C[C@H](CN2CCC(CCCc3ccccc3)CC2)[C@@H](c2ccccc2)C1. The van der Waals surface area contributed by atoms with E-state index in [9.17, 15) is 4.79 Å². The van der Waals surface area contributed by atoms with Crippen molar-refractivity contribution in [2.45, 2.75) is 56.9 Å². The molecule has 3 atom stereocenters. The van der Waals surface area contributed by atoms with Gasteiger partial charge in [-0.15, -0.1) is 0 Å². The van der Waals surface area contributed by atoms with Crippen LogP contribution in [0.3, 0.4) is 0 Å². The zero-order valence-electron chi connectivity index (χ0n) is 22.3. The summed E-state index contributed by atoms with van der Waals surface area (Å²) in [6, 6.07) is 32.0. The number of aryl methyl sites for hydroxylation is 1. The lowest BCUT2D eigenvalue weighted by Gasteiger charge is -2.35. The number of hydrogen-bond acceptors (Lipinski definition) is 2. The molecule has 0 aromatic heterocycles. The quantitative estimate of drug-likeness (QED) is 0.318. The highest BCUT2D eigenvalue weighted by Crippen LogP contribution is 2.42.